The Labute approximate surface area is 121 Å². The Morgan fingerprint density at radius 3 is 2.48 bits per heavy atom. The van der Waals surface area contributed by atoms with Crippen LogP contribution in [0.5, 0.6) is 0 Å². The van der Waals surface area contributed by atoms with Crippen molar-refractivity contribution >= 4 is 17.8 Å². The lowest BCUT2D eigenvalue weighted by Crippen LogP contribution is -2.43. The lowest BCUT2D eigenvalue weighted by molar-refractivity contribution is -0.158. The first kappa shape index (κ1) is 16.7. The van der Waals surface area contributed by atoms with Gasteiger partial charge >= 0.3 is 11.9 Å². The number of hydrogen-bond acceptors (Lipinski definition) is 6. The van der Waals surface area contributed by atoms with Gasteiger partial charge < -0.3 is 19.7 Å². The van der Waals surface area contributed by atoms with E-state index in [1.54, 1.807) is 27.7 Å². The smallest absolute Gasteiger partial charge is 0.326 e. The Bertz CT molecular complexity index is 543. The second-order valence-corrected chi connectivity index (χ2v) is 5.49. The number of carboxylic acid groups (broad SMARTS) is 1. The van der Waals surface area contributed by atoms with E-state index in [1.165, 1.54) is 6.20 Å². The number of ether oxygens (including phenoxy) is 1. The molecule has 0 spiro atoms. The molecule has 0 aromatic carbocycles. The third-order valence-corrected chi connectivity index (χ3v) is 2.35. The minimum atomic E-state index is -1.41. The minimum absolute atomic E-state index is 0.0922. The Morgan fingerprint density at radius 2 is 2.05 bits per heavy atom. The van der Waals surface area contributed by atoms with Crippen molar-refractivity contribution in [1.82, 2.24) is 10.5 Å². The van der Waals surface area contributed by atoms with Gasteiger partial charge in [0.05, 0.1) is 12.6 Å². The number of carboxylic acids is 1. The van der Waals surface area contributed by atoms with Gasteiger partial charge in [0.1, 0.15) is 11.6 Å². The number of rotatable bonds is 5. The van der Waals surface area contributed by atoms with E-state index in [-0.39, 0.29) is 5.76 Å². The molecule has 1 rings (SSSR count). The zero-order valence-corrected chi connectivity index (χ0v) is 12.3. The van der Waals surface area contributed by atoms with Gasteiger partial charge in [0.15, 0.2) is 0 Å². The molecule has 1 amide bonds. The highest BCUT2D eigenvalue weighted by Gasteiger charge is 2.28. The minimum Gasteiger partial charge on any atom is -0.480 e. The van der Waals surface area contributed by atoms with E-state index in [0.29, 0.717) is 5.56 Å². The number of amides is 1. The molecule has 0 bridgehead atoms. The molecule has 0 unspecified atom stereocenters. The van der Waals surface area contributed by atoms with E-state index in [1.807, 2.05) is 0 Å². The molecular formula is C13H18N2O6. The summed E-state index contributed by atoms with van der Waals surface area (Å²) >= 11 is 0. The number of aryl methyl sites for hydroxylation is 1. The van der Waals surface area contributed by atoms with E-state index >= 15 is 0 Å². The largest absolute Gasteiger partial charge is 0.480 e. The van der Waals surface area contributed by atoms with Gasteiger partial charge in [-0.05, 0) is 27.7 Å². The molecule has 1 aromatic heterocycles. The number of hydrogen-bond donors (Lipinski definition) is 2. The number of carbonyl (C=O) groups excluding carboxylic acids is 2. The molecule has 8 nitrogen and oxygen atoms in total. The predicted octanol–water partition coefficient (Wildman–Crippen LogP) is 0.898. The summed E-state index contributed by atoms with van der Waals surface area (Å²) in [6, 6.07) is -1.41. The van der Waals surface area contributed by atoms with E-state index in [4.69, 9.17) is 14.4 Å². The Kier molecular flexibility index (Phi) is 5.07. The van der Waals surface area contributed by atoms with Gasteiger partial charge in [-0.2, -0.15) is 0 Å². The second-order valence-electron chi connectivity index (χ2n) is 5.49. The third kappa shape index (κ3) is 5.25. The first-order chi connectivity index (χ1) is 9.60. The van der Waals surface area contributed by atoms with Crippen LogP contribution in [0, 0.1) is 6.92 Å². The average molecular weight is 298 g/mol. The van der Waals surface area contributed by atoms with Crippen molar-refractivity contribution in [2.75, 3.05) is 0 Å². The number of esters is 1. The first-order valence-electron chi connectivity index (χ1n) is 6.27. The fourth-order valence-electron chi connectivity index (χ4n) is 1.48. The Hall–Kier alpha value is -2.38. The SMILES string of the molecule is Cc1cnoc1C(=O)N[C@@H](CC(=O)OC(C)(C)C)C(=O)O. The zero-order chi connectivity index (χ0) is 16.2. The van der Waals surface area contributed by atoms with Crippen molar-refractivity contribution in [2.24, 2.45) is 0 Å². The van der Waals surface area contributed by atoms with Gasteiger partial charge in [-0.1, -0.05) is 5.16 Å². The maximum absolute atomic E-state index is 11.8. The molecule has 21 heavy (non-hydrogen) atoms. The zero-order valence-electron chi connectivity index (χ0n) is 12.3. The normalized spacial score (nSPS) is 12.6. The molecule has 0 aliphatic rings. The molecule has 1 aromatic rings. The van der Waals surface area contributed by atoms with Crippen LogP contribution in [0.4, 0.5) is 0 Å². The predicted molar refractivity (Wildman–Crippen MR) is 70.6 cm³/mol. The molecule has 8 heteroatoms. The molecule has 0 fully saturated rings. The Balaban J connectivity index is 2.71. The summed E-state index contributed by atoms with van der Waals surface area (Å²) < 4.78 is 9.75. The fraction of sp³-hybridized carbons (Fsp3) is 0.538. The lowest BCUT2D eigenvalue weighted by Gasteiger charge is -2.21. The van der Waals surface area contributed by atoms with Crippen molar-refractivity contribution in [2.45, 2.75) is 45.8 Å². The van der Waals surface area contributed by atoms with Crippen molar-refractivity contribution < 1.29 is 28.8 Å². The van der Waals surface area contributed by atoms with Crippen LogP contribution in [0.3, 0.4) is 0 Å². The molecule has 0 aliphatic heterocycles. The summed E-state index contributed by atoms with van der Waals surface area (Å²) in [6.45, 7) is 6.58. The number of aromatic nitrogens is 1. The van der Waals surface area contributed by atoms with Crippen molar-refractivity contribution in [3.63, 3.8) is 0 Å². The average Bonchev–Trinajstić information content (AvgIpc) is 2.71. The molecule has 2 N–H and O–H groups in total. The number of nitrogens with one attached hydrogen (secondary N) is 1. The van der Waals surface area contributed by atoms with Crippen LogP contribution in [0.25, 0.3) is 0 Å². The summed E-state index contributed by atoms with van der Waals surface area (Å²) in [6.07, 6.45) is 0.851. The van der Waals surface area contributed by atoms with Gasteiger partial charge in [-0.3, -0.25) is 9.59 Å². The molecule has 1 heterocycles. The van der Waals surface area contributed by atoms with Crippen LogP contribution in [0.1, 0.15) is 43.3 Å². The maximum Gasteiger partial charge on any atom is 0.326 e. The van der Waals surface area contributed by atoms with Crippen molar-refractivity contribution in [3.05, 3.63) is 17.5 Å². The summed E-state index contributed by atoms with van der Waals surface area (Å²) in [4.78, 5) is 34.6. The summed E-state index contributed by atoms with van der Waals surface area (Å²) in [5.74, 6) is -2.90. The molecule has 0 saturated carbocycles. The highest BCUT2D eigenvalue weighted by molar-refractivity contribution is 5.96. The van der Waals surface area contributed by atoms with Gasteiger partial charge in [-0.25, -0.2) is 4.79 Å². The summed E-state index contributed by atoms with van der Waals surface area (Å²) in [5.41, 5.74) is -0.264. The summed E-state index contributed by atoms with van der Waals surface area (Å²) in [7, 11) is 0. The van der Waals surface area contributed by atoms with Crippen LogP contribution >= 0.6 is 0 Å². The standard InChI is InChI=1S/C13H18N2O6/c1-7-6-14-21-10(7)11(17)15-8(12(18)19)5-9(16)20-13(2,3)4/h6,8H,5H2,1-4H3,(H,15,17)(H,18,19)/t8-/m0/s1. The number of nitrogens with zero attached hydrogens (tertiary/aromatic N) is 1. The van der Waals surface area contributed by atoms with E-state index in [2.05, 4.69) is 10.5 Å². The third-order valence-electron chi connectivity index (χ3n) is 2.35. The molecule has 1 atom stereocenters. The van der Waals surface area contributed by atoms with Crippen molar-refractivity contribution in [1.29, 1.82) is 0 Å². The van der Waals surface area contributed by atoms with Crippen LogP contribution in [-0.2, 0) is 14.3 Å². The highest BCUT2D eigenvalue weighted by atomic mass is 16.6. The molecule has 0 saturated heterocycles. The van der Waals surface area contributed by atoms with E-state index in [0.717, 1.165) is 0 Å². The topological polar surface area (TPSA) is 119 Å². The molecular weight excluding hydrogens is 280 g/mol. The quantitative estimate of drug-likeness (QED) is 0.775. The van der Waals surface area contributed by atoms with Crippen LogP contribution in [0.2, 0.25) is 0 Å². The molecule has 0 radical (unpaired) electrons. The number of carbonyl (C=O) groups is 3. The van der Waals surface area contributed by atoms with E-state index < -0.39 is 35.9 Å². The molecule has 0 aliphatic carbocycles. The van der Waals surface area contributed by atoms with E-state index in [9.17, 15) is 14.4 Å². The first-order valence-corrected chi connectivity index (χ1v) is 6.27. The van der Waals surface area contributed by atoms with Gasteiger partial charge in [-0.15, -0.1) is 0 Å². The molecule has 116 valence electrons. The maximum atomic E-state index is 11.8. The van der Waals surface area contributed by atoms with Crippen LogP contribution < -0.4 is 5.32 Å². The van der Waals surface area contributed by atoms with Crippen LogP contribution in [0.15, 0.2) is 10.7 Å². The monoisotopic (exact) mass is 298 g/mol. The highest BCUT2D eigenvalue weighted by Crippen LogP contribution is 2.11. The van der Waals surface area contributed by atoms with Gasteiger partial charge in [0.2, 0.25) is 5.76 Å². The van der Waals surface area contributed by atoms with Crippen LogP contribution in [-0.4, -0.2) is 39.8 Å². The van der Waals surface area contributed by atoms with Gasteiger partial charge in [0.25, 0.3) is 5.91 Å². The lowest BCUT2D eigenvalue weighted by atomic mass is 10.1. The second kappa shape index (κ2) is 6.38. The van der Waals surface area contributed by atoms with Gasteiger partial charge in [0, 0.05) is 5.56 Å². The Morgan fingerprint density at radius 1 is 1.43 bits per heavy atom. The summed E-state index contributed by atoms with van der Waals surface area (Å²) in [5, 5.41) is 14.7. The van der Waals surface area contributed by atoms with Crippen molar-refractivity contribution in [3.8, 4) is 0 Å². The number of aliphatic carboxylic acids is 1. The fourth-order valence-corrected chi connectivity index (χ4v) is 1.48.